The Hall–Kier alpha value is -0.580. The lowest BCUT2D eigenvalue weighted by Crippen LogP contribution is -2.16. The molecular weight excluding hydrogens is 308 g/mol. The van der Waals surface area contributed by atoms with Gasteiger partial charge in [-0.2, -0.15) is 0 Å². The summed E-state index contributed by atoms with van der Waals surface area (Å²) in [5.41, 5.74) is 0.952. The topological polar surface area (TPSA) is 43.4 Å². The largest absolute Gasteiger partial charge is 0.381 e. The quantitative estimate of drug-likeness (QED) is 0.447. The number of rotatable bonds is 11. The van der Waals surface area contributed by atoms with Crippen LogP contribution in [-0.2, 0) is 13.8 Å². The summed E-state index contributed by atoms with van der Waals surface area (Å²) < 4.78 is 28.3. The number of hydrogen-bond acceptors (Lipinski definition) is 3. The highest BCUT2D eigenvalue weighted by Crippen LogP contribution is 2.20. The first-order valence-electron chi connectivity index (χ1n) is 7.58. The van der Waals surface area contributed by atoms with E-state index in [0.29, 0.717) is 13.2 Å². The third kappa shape index (κ3) is 9.12. The van der Waals surface area contributed by atoms with Crippen molar-refractivity contribution in [2.75, 3.05) is 19.0 Å². The van der Waals surface area contributed by atoms with Gasteiger partial charge in [0.2, 0.25) is 9.05 Å². The standard InChI is InChI=1S/C16H25ClO3S/c1-2-3-4-5-9-12-20-13-16(14-21(17,18)19)15-10-7-6-8-11-15/h6-8,10-11,16H,2-5,9,12-14H2,1H3. The van der Waals surface area contributed by atoms with E-state index in [1.165, 1.54) is 19.3 Å². The van der Waals surface area contributed by atoms with Crippen LogP contribution in [0, 0.1) is 0 Å². The van der Waals surface area contributed by atoms with E-state index in [4.69, 9.17) is 15.4 Å². The van der Waals surface area contributed by atoms with Gasteiger partial charge in [0, 0.05) is 23.2 Å². The normalized spacial score (nSPS) is 13.2. The molecule has 1 aromatic rings. The van der Waals surface area contributed by atoms with Crippen LogP contribution in [0.2, 0.25) is 0 Å². The molecule has 0 N–H and O–H groups in total. The van der Waals surface area contributed by atoms with E-state index in [9.17, 15) is 8.42 Å². The van der Waals surface area contributed by atoms with Crippen LogP contribution in [0.25, 0.3) is 0 Å². The Labute approximate surface area is 133 Å². The van der Waals surface area contributed by atoms with Crippen molar-refractivity contribution in [2.45, 2.75) is 44.9 Å². The Morgan fingerprint density at radius 1 is 1.10 bits per heavy atom. The predicted octanol–water partition coefficient (Wildman–Crippen LogP) is 4.33. The molecule has 120 valence electrons. The summed E-state index contributed by atoms with van der Waals surface area (Å²) in [7, 11) is 1.86. The van der Waals surface area contributed by atoms with Crippen molar-refractivity contribution in [3.8, 4) is 0 Å². The molecule has 0 fully saturated rings. The number of halogens is 1. The molecular formula is C16H25ClO3S. The highest BCUT2D eigenvalue weighted by molar-refractivity contribution is 8.13. The third-order valence-corrected chi connectivity index (χ3v) is 4.56. The molecule has 1 unspecified atom stereocenters. The molecule has 0 aliphatic rings. The highest BCUT2D eigenvalue weighted by Gasteiger charge is 2.19. The molecule has 0 saturated carbocycles. The van der Waals surface area contributed by atoms with Crippen molar-refractivity contribution in [3.05, 3.63) is 35.9 Å². The molecule has 1 rings (SSSR count). The Bertz CT molecular complexity index is 474. The molecule has 0 aliphatic carbocycles. The van der Waals surface area contributed by atoms with Crippen LogP contribution in [0.4, 0.5) is 0 Å². The second-order valence-corrected chi connectivity index (χ2v) is 8.12. The maximum absolute atomic E-state index is 11.3. The van der Waals surface area contributed by atoms with Crippen LogP contribution in [-0.4, -0.2) is 27.4 Å². The minimum absolute atomic E-state index is 0.0889. The smallest absolute Gasteiger partial charge is 0.233 e. The first kappa shape index (κ1) is 18.5. The summed E-state index contributed by atoms with van der Waals surface area (Å²) in [5, 5.41) is 0. The zero-order chi connectivity index (χ0) is 15.6. The van der Waals surface area contributed by atoms with Gasteiger partial charge in [-0.3, -0.25) is 0 Å². The molecule has 0 amide bonds. The van der Waals surface area contributed by atoms with Gasteiger partial charge in [0.25, 0.3) is 0 Å². The van der Waals surface area contributed by atoms with E-state index in [1.54, 1.807) is 0 Å². The van der Waals surface area contributed by atoms with Gasteiger partial charge < -0.3 is 4.74 Å². The minimum atomic E-state index is -3.53. The zero-order valence-electron chi connectivity index (χ0n) is 12.6. The predicted molar refractivity (Wildman–Crippen MR) is 88.4 cm³/mol. The monoisotopic (exact) mass is 332 g/mol. The van der Waals surface area contributed by atoms with Crippen molar-refractivity contribution in [1.82, 2.24) is 0 Å². The first-order chi connectivity index (χ1) is 10.0. The zero-order valence-corrected chi connectivity index (χ0v) is 14.2. The fraction of sp³-hybridized carbons (Fsp3) is 0.625. The van der Waals surface area contributed by atoms with Gasteiger partial charge in [-0.1, -0.05) is 62.9 Å². The molecule has 5 heteroatoms. The number of benzene rings is 1. The van der Waals surface area contributed by atoms with Crippen LogP contribution in [0.3, 0.4) is 0 Å². The number of unbranched alkanes of at least 4 members (excludes halogenated alkanes) is 4. The van der Waals surface area contributed by atoms with Crippen LogP contribution in [0.5, 0.6) is 0 Å². The third-order valence-electron chi connectivity index (χ3n) is 3.38. The van der Waals surface area contributed by atoms with Crippen molar-refractivity contribution in [3.63, 3.8) is 0 Å². The molecule has 21 heavy (non-hydrogen) atoms. The first-order valence-corrected chi connectivity index (χ1v) is 10.1. The molecule has 0 radical (unpaired) electrons. The van der Waals surface area contributed by atoms with Crippen molar-refractivity contribution in [1.29, 1.82) is 0 Å². The van der Waals surface area contributed by atoms with Gasteiger partial charge >= 0.3 is 0 Å². The minimum Gasteiger partial charge on any atom is -0.381 e. The van der Waals surface area contributed by atoms with Gasteiger partial charge in [-0.15, -0.1) is 0 Å². The SMILES string of the molecule is CCCCCCCOCC(CS(=O)(=O)Cl)c1ccccc1. The fourth-order valence-corrected chi connectivity index (χ4v) is 3.46. The number of hydrogen-bond donors (Lipinski definition) is 0. The van der Waals surface area contributed by atoms with Gasteiger partial charge in [-0.05, 0) is 12.0 Å². The molecule has 3 nitrogen and oxygen atoms in total. The molecule has 0 aliphatic heterocycles. The van der Waals surface area contributed by atoms with E-state index in [-0.39, 0.29) is 11.7 Å². The Balaban J connectivity index is 2.40. The average Bonchev–Trinajstić information content (AvgIpc) is 2.45. The van der Waals surface area contributed by atoms with E-state index in [1.807, 2.05) is 30.3 Å². The van der Waals surface area contributed by atoms with Crippen LogP contribution in [0.1, 0.15) is 50.5 Å². The Kier molecular flexibility index (Phi) is 8.97. The second kappa shape index (κ2) is 10.2. The lowest BCUT2D eigenvalue weighted by molar-refractivity contribution is 0.120. The lowest BCUT2D eigenvalue weighted by atomic mass is 10.0. The van der Waals surface area contributed by atoms with E-state index < -0.39 is 9.05 Å². The Morgan fingerprint density at radius 3 is 2.38 bits per heavy atom. The van der Waals surface area contributed by atoms with Gasteiger partial charge in [0.1, 0.15) is 0 Å². The maximum Gasteiger partial charge on any atom is 0.233 e. The van der Waals surface area contributed by atoms with Gasteiger partial charge in [0.15, 0.2) is 0 Å². The average molecular weight is 333 g/mol. The van der Waals surface area contributed by atoms with Crippen molar-refractivity contribution >= 4 is 19.7 Å². The Morgan fingerprint density at radius 2 is 1.76 bits per heavy atom. The summed E-state index contributed by atoms with van der Waals surface area (Å²) in [6.45, 7) is 3.26. The van der Waals surface area contributed by atoms with E-state index >= 15 is 0 Å². The van der Waals surface area contributed by atoms with E-state index in [2.05, 4.69) is 6.92 Å². The highest BCUT2D eigenvalue weighted by atomic mass is 35.7. The van der Waals surface area contributed by atoms with Crippen LogP contribution in [0.15, 0.2) is 30.3 Å². The maximum atomic E-state index is 11.3. The lowest BCUT2D eigenvalue weighted by Gasteiger charge is -2.16. The summed E-state index contributed by atoms with van der Waals surface area (Å²) >= 11 is 0. The number of ether oxygens (including phenoxy) is 1. The molecule has 0 bridgehead atoms. The fourth-order valence-electron chi connectivity index (χ4n) is 2.24. The van der Waals surface area contributed by atoms with Crippen LogP contribution >= 0.6 is 10.7 Å². The summed E-state index contributed by atoms with van der Waals surface area (Å²) in [4.78, 5) is 0. The summed E-state index contributed by atoms with van der Waals surface area (Å²) in [6, 6.07) is 9.53. The molecule has 0 spiro atoms. The van der Waals surface area contributed by atoms with E-state index in [0.717, 1.165) is 18.4 Å². The summed E-state index contributed by atoms with van der Waals surface area (Å²) in [6.07, 6.45) is 5.91. The molecule has 0 aromatic heterocycles. The van der Waals surface area contributed by atoms with Crippen molar-refractivity contribution < 1.29 is 13.2 Å². The molecule has 1 aromatic carbocycles. The summed E-state index contributed by atoms with van der Waals surface area (Å²) in [5.74, 6) is -0.293. The van der Waals surface area contributed by atoms with Crippen LogP contribution < -0.4 is 0 Å². The van der Waals surface area contributed by atoms with Gasteiger partial charge in [-0.25, -0.2) is 8.42 Å². The molecule has 0 saturated heterocycles. The molecule has 1 atom stereocenters. The molecule has 0 heterocycles. The van der Waals surface area contributed by atoms with Gasteiger partial charge in [0.05, 0.1) is 12.4 Å². The van der Waals surface area contributed by atoms with Crippen molar-refractivity contribution in [2.24, 2.45) is 0 Å². The second-order valence-electron chi connectivity index (χ2n) is 5.30.